The van der Waals surface area contributed by atoms with Crippen molar-refractivity contribution < 1.29 is 14.2 Å². The molecule has 0 saturated heterocycles. The third kappa shape index (κ3) is 2.52. The summed E-state index contributed by atoms with van der Waals surface area (Å²) in [5.74, 6) is 2.35. The number of hydrogen-bond donors (Lipinski definition) is 0. The first-order valence-electron chi connectivity index (χ1n) is 6.42. The first-order chi connectivity index (χ1) is 10.2. The largest absolute Gasteiger partial charge is 0.497 e. The van der Waals surface area contributed by atoms with Crippen LogP contribution in [-0.4, -0.2) is 26.3 Å². The molecule has 0 fully saturated rings. The molecule has 0 radical (unpaired) electrons. The van der Waals surface area contributed by atoms with Crippen LogP contribution in [0.15, 0.2) is 36.4 Å². The zero-order valence-electron chi connectivity index (χ0n) is 12.0. The predicted molar refractivity (Wildman–Crippen MR) is 84.7 cm³/mol. The summed E-state index contributed by atoms with van der Waals surface area (Å²) in [6.07, 6.45) is 0. The van der Waals surface area contributed by atoms with Gasteiger partial charge >= 0.3 is 0 Å². The van der Waals surface area contributed by atoms with Gasteiger partial charge in [0.2, 0.25) is 0 Å². The molecule has 5 heteroatoms. The van der Waals surface area contributed by atoms with Crippen LogP contribution in [0.4, 0.5) is 0 Å². The third-order valence-electron chi connectivity index (χ3n) is 3.22. The lowest BCUT2D eigenvalue weighted by molar-refractivity contribution is 0.398. The van der Waals surface area contributed by atoms with E-state index in [4.69, 9.17) is 14.2 Å². The van der Waals surface area contributed by atoms with Gasteiger partial charge in [-0.1, -0.05) is 0 Å². The van der Waals surface area contributed by atoms with Crippen LogP contribution in [0, 0.1) is 0 Å². The van der Waals surface area contributed by atoms with Gasteiger partial charge in [-0.05, 0) is 24.3 Å². The van der Waals surface area contributed by atoms with E-state index in [9.17, 15) is 0 Å². The van der Waals surface area contributed by atoms with Crippen LogP contribution in [0.3, 0.4) is 0 Å². The standard InChI is InChI=1S/C16H15NO3S/c1-18-11-6-4-10(5-7-11)16-17-13-8-12(19-2)9-14(20-3)15(13)21-16/h4-9H,1-3H3. The maximum absolute atomic E-state index is 5.43. The molecular formula is C16H15NO3S. The van der Waals surface area contributed by atoms with Crippen LogP contribution in [0.1, 0.15) is 0 Å². The molecule has 0 aliphatic rings. The number of benzene rings is 2. The van der Waals surface area contributed by atoms with Gasteiger partial charge in [0.1, 0.15) is 22.3 Å². The van der Waals surface area contributed by atoms with Crippen LogP contribution >= 0.6 is 11.3 Å². The molecule has 108 valence electrons. The van der Waals surface area contributed by atoms with Gasteiger partial charge in [-0.3, -0.25) is 0 Å². The fourth-order valence-corrected chi connectivity index (χ4v) is 3.15. The van der Waals surface area contributed by atoms with E-state index in [1.807, 2.05) is 36.4 Å². The van der Waals surface area contributed by atoms with E-state index in [0.717, 1.165) is 38.0 Å². The number of fused-ring (bicyclic) bond motifs is 1. The molecule has 0 amide bonds. The highest BCUT2D eigenvalue weighted by Crippen LogP contribution is 2.38. The van der Waals surface area contributed by atoms with E-state index in [0.29, 0.717) is 0 Å². The van der Waals surface area contributed by atoms with Crippen molar-refractivity contribution in [3.8, 4) is 27.8 Å². The van der Waals surface area contributed by atoms with Gasteiger partial charge in [0.05, 0.1) is 31.5 Å². The Morgan fingerprint density at radius 1 is 0.857 bits per heavy atom. The average Bonchev–Trinajstić information content (AvgIpc) is 2.97. The molecule has 21 heavy (non-hydrogen) atoms. The summed E-state index contributed by atoms with van der Waals surface area (Å²) in [7, 11) is 4.95. The Hall–Kier alpha value is -2.27. The van der Waals surface area contributed by atoms with Crippen molar-refractivity contribution in [3.05, 3.63) is 36.4 Å². The number of ether oxygens (including phenoxy) is 3. The normalized spacial score (nSPS) is 10.6. The first-order valence-corrected chi connectivity index (χ1v) is 7.24. The second-order valence-corrected chi connectivity index (χ2v) is 5.42. The van der Waals surface area contributed by atoms with Crippen molar-refractivity contribution in [2.45, 2.75) is 0 Å². The van der Waals surface area contributed by atoms with Crippen molar-refractivity contribution in [2.75, 3.05) is 21.3 Å². The predicted octanol–water partition coefficient (Wildman–Crippen LogP) is 3.99. The number of rotatable bonds is 4. The molecule has 0 spiro atoms. The lowest BCUT2D eigenvalue weighted by Crippen LogP contribution is -1.87. The molecule has 0 aliphatic heterocycles. The number of aromatic nitrogens is 1. The maximum atomic E-state index is 5.43. The highest BCUT2D eigenvalue weighted by Gasteiger charge is 2.12. The summed E-state index contributed by atoms with van der Waals surface area (Å²) < 4.78 is 16.9. The lowest BCUT2D eigenvalue weighted by atomic mass is 10.2. The van der Waals surface area contributed by atoms with Gasteiger partial charge in [-0.25, -0.2) is 4.98 Å². The highest BCUT2D eigenvalue weighted by atomic mass is 32.1. The van der Waals surface area contributed by atoms with Gasteiger partial charge in [0, 0.05) is 17.7 Å². The molecule has 1 heterocycles. The Kier molecular flexibility index (Phi) is 3.66. The van der Waals surface area contributed by atoms with Gasteiger partial charge in [-0.15, -0.1) is 11.3 Å². The topological polar surface area (TPSA) is 40.6 Å². The average molecular weight is 301 g/mol. The minimum atomic E-state index is 0.742. The van der Waals surface area contributed by atoms with Crippen LogP contribution in [0.5, 0.6) is 17.2 Å². The molecular weight excluding hydrogens is 286 g/mol. The molecule has 0 aliphatic carbocycles. The van der Waals surface area contributed by atoms with E-state index in [1.54, 1.807) is 32.7 Å². The number of methoxy groups -OCH3 is 3. The summed E-state index contributed by atoms with van der Waals surface area (Å²) in [6, 6.07) is 11.7. The van der Waals surface area contributed by atoms with Crippen molar-refractivity contribution in [2.24, 2.45) is 0 Å². The monoisotopic (exact) mass is 301 g/mol. The van der Waals surface area contributed by atoms with Crippen LogP contribution < -0.4 is 14.2 Å². The summed E-state index contributed by atoms with van der Waals surface area (Å²) in [4.78, 5) is 4.67. The van der Waals surface area contributed by atoms with E-state index in [1.165, 1.54) is 0 Å². The third-order valence-corrected chi connectivity index (χ3v) is 4.36. The summed E-state index contributed by atoms with van der Waals surface area (Å²) in [5, 5.41) is 0.944. The van der Waals surface area contributed by atoms with Crippen LogP contribution in [0.2, 0.25) is 0 Å². The number of nitrogens with zero attached hydrogens (tertiary/aromatic N) is 1. The van der Waals surface area contributed by atoms with Gasteiger partial charge in [0.25, 0.3) is 0 Å². The quantitative estimate of drug-likeness (QED) is 0.730. The summed E-state index contributed by atoms with van der Waals surface area (Å²) >= 11 is 1.60. The number of hydrogen-bond acceptors (Lipinski definition) is 5. The molecule has 0 unspecified atom stereocenters. The van der Waals surface area contributed by atoms with Gasteiger partial charge < -0.3 is 14.2 Å². The van der Waals surface area contributed by atoms with Crippen LogP contribution in [0.25, 0.3) is 20.8 Å². The second kappa shape index (κ2) is 5.61. The zero-order chi connectivity index (χ0) is 14.8. The molecule has 2 aromatic carbocycles. The highest BCUT2D eigenvalue weighted by molar-refractivity contribution is 7.22. The molecule has 0 atom stereocenters. The smallest absolute Gasteiger partial charge is 0.142 e. The molecule has 3 aromatic rings. The van der Waals surface area contributed by atoms with Crippen LogP contribution in [-0.2, 0) is 0 Å². The second-order valence-electron chi connectivity index (χ2n) is 4.43. The first kappa shape index (κ1) is 13.7. The van der Waals surface area contributed by atoms with Gasteiger partial charge in [0.15, 0.2) is 0 Å². The van der Waals surface area contributed by atoms with E-state index < -0.39 is 0 Å². The van der Waals surface area contributed by atoms with E-state index >= 15 is 0 Å². The molecule has 3 rings (SSSR count). The Morgan fingerprint density at radius 3 is 2.19 bits per heavy atom. The van der Waals surface area contributed by atoms with Crippen molar-refractivity contribution >= 4 is 21.6 Å². The van der Waals surface area contributed by atoms with Crippen molar-refractivity contribution in [1.29, 1.82) is 0 Å². The fourth-order valence-electron chi connectivity index (χ4n) is 2.10. The SMILES string of the molecule is COc1ccc(-c2nc3cc(OC)cc(OC)c3s2)cc1. The van der Waals surface area contributed by atoms with Crippen molar-refractivity contribution in [1.82, 2.24) is 4.98 Å². The lowest BCUT2D eigenvalue weighted by Gasteiger charge is -2.03. The summed E-state index contributed by atoms with van der Waals surface area (Å²) in [5.41, 5.74) is 1.93. The Morgan fingerprint density at radius 2 is 1.57 bits per heavy atom. The molecule has 0 bridgehead atoms. The Labute approximate surface area is 126 Å². The Bertz CT molecular complexity index is 765. The summed E-state index contributed by atoms with van der Waals surface area (Å²) in [6.45, 7) is 0. The molecule has 4 nitrogen and oxygen atoms in total. The van der Waals surface area contributed by atoms with Gasteiger partial charge in [-0.2, -0.15) is 0 Å². The minimum Gasteiger partial charge on any atom is -0.497 e. The fraction of sp³-hybridized carbons (Fsp3) is 0.188. The maximum Gasteiger partial charge on any atom is 0.142 e. The van der Waals surface area contributed by atoms with E-state index in [-0.39, 0.29) is 0 Å². The molecule has 0 saturated carbocycles. The molecule has 1 aromatic heterocycles. The minimum absolute atomic E-state index is 0.742. The van der Waals surface area contributed by atoms with E-state index in [2.05, 4.69) is 4.98 Å². The Balaban J connectivity index is 2.11. The van der Waals surface area contributed by atoms with Crippen molar-refractivity contribution in [3.63, 3.8) is 0 Å². The number of thiazole rings is 1. The zero-order valence-corrected chi connectivity index (χ0v) is 12.9. The molecule has 0 N–H and O–H groups in total.